The van der Waals surface area contributed by atoms with Gasteiger partial charge in [0, 0.05) is 0 Å². The third kappa shape index (κ3) is 4.76. The van der Waals surface area contributed by atoms with Gasteiger partial charge in [-0.05, 0) is 12.1 Å². The maximum Gasteiger partial charge on any atom is 0.472 e. The highest BCUT2D eigenvalue weighted by Crippen LogP contribution is 2.19. The van der Waals surface area contributed by atoms with Crippen molar-refractivity contribution in [2.75, 3.05) is 13.0 Å². The van der Waals surface area contributed by atoms with Crippen molar-refractivity contribution in [3.63, 3.8) is 0 Å². The van der Waals surface area contributed by atoms with E-state index in [9.17, 15) is 18.4 Å². The van der Waals surface area contributed by atoms with Crippen LogP contribution in [0.25, 0.3) is 0 Å². The van der Waals surface area contributed by atoms with Crippen molar-refractivity contribution in [3.05, 3.63) is 34.4 Å². The molecule has 2 amide bonds. The Labute approximate surface area is 117 Å². The molecule has 108 valence electrons. The van der Waals surface area contributed by atoms with E-state index >= 15 is 0 Å². The monoisotopic (exact) mass is 306 g/mol. The minimum absolute atomic E-state index is 0.299. The predicted octanol–water partition coefficient (Wildman–Crippen LogP) is -0.524. The second-order valence-corrected chi connectivity index (χ2v) is 4.12. The second-order valence-electron chi connectivity index (χ2n) is 3.71. The summed E-state index contributed by atoms with van der Waals surface area (Å²) in [5.41, 5.74) is -0.319. The third-order valence-corrected chi connectivity index (χ3v) is 2.46. The average Bonchev–Trinajstić information content (AvgIpc) is 2.37. The molecule has 0 saturated heterocycles. The molecule has 0 heterocycles. The van der Waals surface area contributed by atoms with Crippen molar-refractivity contribution in [2.24, 2.45) is 0 Å². The van der Waals surface area contributed by atoms with E-state index in [-0.39, 0.29) is 10.6 Å². The van der Waals surface area contributed by atoms with Gasteiger partial charge in [-0.1, -0.05) is 11.6 Å². The standard InChI is InChI=1S/C10H10BClF2N2O4/c12-6-2-8(14)7(13)1-5(6)10(18)15-3-9(17)16-4-11(19)20/h1-2,19-20H,3-4H2,(H,15,18)(H,16,17). The first-order valence-electron chi connectivity index (χ1n) is 5.37. The zero-order valence-corrected chi connectivity index (χ0v) is 10.7. The first-order valence-corrected chi connectivity index (χ1v) is 5.74. The summed E-state index contributed by atoms with van der Waals surface area (Å²) in [5.74, 6) is -3.99. The lowest BCUT2D eigenvalue weighted by molar-refractivity contribution is -0.119. The quantitative estimate of drug-likeness (QED) is 0.434. The van der Waals surface area contributed by atoms with Crippen LogP contribution in [0.3, 0.4) is 0 Å². The lowest BCUT2D eigenvalue weighted by Gasteiger charge is -2.08. The van der Waals surface area contributed by atoms with Gasteiger partial charge in [0.25, 0.3) is 5.91 Å². The molecular weight excluding hydrogens is 296 g/mol. The van der Waals surface area contributed by atoms with Crippen LogP contribution >= 0.6 is 11.6 Å². The molecule has 0 bridgehead atoms. The van der Waals surface area contributed by atoms with Crippen LogP contribution in [0.15, 0.2) is 12.1 Å². The molecule has 0 unspecified atom stereocenters. The first kappa shape index (κ1) is 16.3. The Morgan fingerprint density at radius 1 is 1.20 bits per heavy atom. The van der Waals surface area contributed by atoms with Crippen LogP contribution in [-0.2, 0) is 4.79 Å². The smallest absolute Gasteiger partial charge is 0.426 e. The molecule has 1 rings (SSSR count). The predicted molar refractivity (Wildman–Crippen MR) is 66.9 cm³/mol. The summed E-state index contributed by atoms with van der Waals surface area (Å²) < 4.78 is 25.8. The molecule has 0 aliphatic carbocycles. The Hall–Kier alpha value is -1.71. The van der Waals surface area contributed by atoms with Crippen molar-refractivity contribution in [1.29, 1.82) is 0 Å². The summed E-state index contributed by atoms with van der Waals surface area (Å²) in [6.07, 6.45) is -0.402. The lowest BCUT2D eigenvalue weighted by atomic mass is 9.92. The maximum atomic E-state index is 13.0. The van der Waals surface area contributed by atoms with Gasteiger partial charge in [-0.3, -0.25) is 9.59 Å². The van der Waals surface area contributed by atoms with Gasteiger partial charge in [0.15, 0.2) is 11.6 Å². The number of nitrogens with one attached hydrogen (secondary N) is 2. The highest BCUT2D eigenvalue weighted by atomic mass is 35.5. The number of halogens is 3. The van der Waals surface area contributed by atoms with Gasteiger partial charge in [0.2, 0.25) is 5.91 Å². The Morgan fingerprint density at radius 2 is 1.80 bits per heavy atom. The molecule has 1 aromatic rings. The summed E-state index contributed by atoms with van der Waals surface area (Å²) in [6, 6.07) is 1.26. The highest BCUT2D eigenvalue weighted by molar-refractivity contribution is 6.41. The van der Waals surface area contributed by atoms with E-state index in [0.717, 1.165) is 0 Å². The van der Waals surface area contributed by atoms with Crippen molar-refractivity contribution in [3.8, 4) is 0 Å². The summed E-state index contributed by atoms with van der Waals surface area (Å²) in [4.78, 5) is 22.8. The van der Waals surface area contributed by atoms with Crippen LogP contribution in [-0.4, -0.2) is 42.0 Å². The van der Waals surface area contributed by atoms with Gasteiger partial charge >= 0.3 is 7.12 Å². The van der Waals surface area contributed by atoms with E-state index < -0.39 is 43.6 Å². The van der Waals surface area contributed by atoms with E-state index in [0.29, 0.717) is 12.1 Å². The van der Waals surface area contributed by atoms with Crippen molar-refractivity contribution in [2.45, 2.75) is 0 Å². The topological polar surface area (TPSA) is 98.7 Å². The number of carbonyl (C=O) groups is 2. The zero-order chi connectivity index (χ0) is 15.3. The molecule has 0 atom stereocenters. The maximum absolute atomic E-state index is 13.0. The Balaban J connectivity index is 2.59. The number of hydrogen-bond donors (Lipinski definition) is 4. The molecule has 0 radical (unpaired) electrons. The number of hydrogen-bond acceptors (Lipinski definition) is 4. The normalized spacial score (nSPS) is 10.1. The number of carbonyl (C=O) groups excluding carboxylic acids is 2. The van der Waals surface area contributed by atoms with Gasteiger partial charge in [-0.2, -0.15) is 0 Å². The van der Waals surface area contributed by atoms with Crippen LogP contribution < -0.4 is 10.6 Å². The van der Waals surface area contributed by atoms with E-state index in [4.69, 9.17) is 21.6 Å². The summed E-state index contributed by atoms with van der Waals surface area (Å²) in [7, 11) is -1.71. The Bertz CT molecular complexity index is 530. The summed E-state index contributed by atoms with van der Waals surface area (Å²) in [5, 5.41) is 20.9. The van der Waals surface area contributed by atoms with Gasteiger partial charge in [-0.15, -0.1) is 0 Å². The molecule has 0 saturated carbocycles. The van der Waals surface area contributed by atoms with Gasteiger partial charge < -0.3 is 20.7 Å². The summed E-state index contributed by atoms with van der Waals surface area (Å²) in [6.45, 7) is -0.485. The minimum atomic E-state index is -1.71. The zero-order valence-electron chi connectivity index (χ0n) is 9.99. The number of benzene rings is 1. The Kier molecular flexibility index (Phi) is 5.87. The van der Waals surface area contributed by atoms with E-state index in [1.165, 1.54) is 0 Å². The largest absolute Gasteiger partial charge is 0.472 e. The fourth-order valence-electron chi connectivity index (χ4n) is 1.22. The first-order chi connectivity index (χ1) is 9.31. The van der Waals surface area contributed by atoms with Crippen LogP contribution in [0.5, 0.6) is 0 Å². The van der Waals surface area contributed by atoms with Gasteiger partial charge in [0.1, 0.15) is 0 Å². The molecule has 0 aliphatic rings. The molecule has 20 heavy (non-hydrogen) atoms. The van der Waals surface area contributed by atoms with E-state index in [2.05, 4.69) is 10.6 Å². The summed E-state index contributed by atoms with van der Waals surface area (Å²) >= 11 is 5.58. The molecule has 0 aromatic heterocycles. The molecule has 0 aliphatic heterocycles. The van der Waals surface area contributed by atoms with Gasteiger partial charge in [0.05, 0.1) is 23.6 Å². The fraction of sp³-hybridized carbons (Fsp3) is 0.200. The van der Waals surface area contributed by atoms with E-state index in [1.54, 1.807) is 0 Å². The van der Waals surface area contributed by atoms with Crippen molar-refractivity contribution < 1.29 is 28.4 Å². The third-order valence-electron chi connectivity index (χ3n) is 2.15. The molecule has 10 heteroatoms. The molecule has 6 nitrogen and oxygen atoms in total. The highest BCUT2D eigenvalue weighted by Gasteiger charge is 2.16. The second kappa shape index (κ2) is 7.18. The number of amides is 2. The molecule has 0 spiro atoms. The fourth-order valence-corrected chi connectivity index (χ4v) is 1.46. The number of rotatable bonds is 5. The minimum Gasteiger partial charge on any atom is -0.426 e. The van der Waals surface area contributed by atoms with Crippen LogP contribution in [0, 0.1) is 11.6 Å². The SMILES string of the molecule is O=C(CNC(=O)c1cc(F)c(F)cc1Cl)NCB(O)O. The molecule has 0 fully saturated rings. The van der Waals surface area contributed by atoms with Crippen molar-refractivity contribution in [1.82, 2.24) is 10.6 Å². The van der Waals surface area contributed by atoms with Gasteiger partial charge in [-0.25, -0.2) is 8.78 Å². The molecule has 4 N–H and O–H groups in total. The van der Waals surface area contributed by atoms with Crippen LogP contribution in [0.4, 0.5) is 8.78 Å². The van der Waals surface area contributed by atoms with Crippen molar-refractivity contribution >= 4 is 30.5 Å². The Morgan fingerprint density at radius 3 is 2.40 bits per heavy atom. The van der Waals surface area contributed by atoms with E-state index in [1.807, 2.05) is 0 Å². The molecular formula is C10H10BClF2N2O4. The lowest BCUT2D eigenvalue weighted by Crippen LogP contribution is -2.41. The van der Waals surface area contributed by atoms with Crippen LogP contribution in [0.2, 0.25) is 5.02 Å². The molecule has 1 aromatic carbocycles. The van der Waals surface area contributed by atoms with Crippen LogP contribution in [0.1, 0.15) is 10.4 Å². The average molecular weight is 306 g/mol.